The van der Waals surface area contributed by atoms with Crippen LogP contribution in [0.15, 0.2) is 18.2 Å². The van der Waals surface area contributed by atoms with Crippen molar-refractivity contribution in [2.75, 3.05) is 5.75 Å². The lowest BCUT2D eigenvalue weighted by Gasteiger charge is -2.07. The van der Waals surface area contributed by atoms with Crippen LogP contribution in [0.4, 0.5) is 10.1 Å². The summed E-state index contributed by atoms with van der Waals surface area (Å²) in [7, 11) is -3.40. The number of rotatable bonds is 6. The largest absolute Gasteiger partial charge is 0.328 e. The first kappa shape index (κ1) is 15.5. The van der Waals surface area contributed by atoms with Crippen LogP contribution in [0.3, 0.4) is 0 Å². The lowest BCUT2D eigenvalue weighted by atomic mass is 10.2. The summed E-state index contributed by atoms with van der Waals surface area (Å²) in [6, 6.07) is 2.85. The zero-order chi connectivity index (χ0) is 14.6. The summed E-state index contributed by atoms with van der Waals surface area (Å²) >= 11 is 0. The molecule has 2 N–H and O–H groups in total. The Morgan fingerprint density at radius 3 is 2.58 bits per heavy atom. The predicted octanol–water partition coefficient (Wildman–Crippen LogP) is 1.39. The highest BCUT2D eigenvalue weighted by molar-refractivity contribution is 7.90. The zero-order valence-corrected chi connectivity index (χ0v) is 11.2. The summed E-state index contributed by atoms with van der Waals surface area (Å²) in [5, 5.41) is 10.4. The Bertz CT molecular complexity index is 572. The number of benzene rings is 1. The average Bonchev–Trinajstić information content (AvgIpc) is 2.25. The molecule has 0 amide bonds. The molecule has 0 aliphatic rings. The van der Waals surface area contributed by atoms with Gasteiger partial charge in [0, 0.05) is 12.1 Å². The second kappa shape index (κ2) is 6.07. The summed E-state index contributed by atoms with van der Waals surface area (Å²) in [4.78, 5) is 9.57. The van der Waals surface area contributed by atoms with Gasteiger partial charge in [-0.1, -0.05) is 6.07 Å². The number of nitrogens with zero attached hydrogens (tertiary/aromatic N) is 1. The number of sulfone groups is 1. The molecule has 19 heavy (non-hydrogen) atoms. The predicted molar refractivity (Wildman–Crippen MR) is 68.8 cm³/mol. The van der Waals surface area contributed by atoms with Crippen LogP contribution in [-0.4, -0.2) is 25.1 Å². The van der Waals surface area contributed by atoms with E-state index in [9.17, 15) is 22.9 Å². The highest BCUT2D eigenvalue weighted by Crippen LogP contribution is 2.19. The van der Waals surface area contributed by atoms with Gasteiger partial charge in [0.05, 0.1) is 16.4 Å². The molecule has 0 saturated heterocycles. The third-order valence-electron chi connectivity index (χ3n) is 2.48. The van der Waals surface area contributed by atoms with E-state index in [4.69, 9.17) is 5.73 Å². The van der Waals surface area contributed by atoms with Gasteiger partial charge in [0.25, 0.3) is 0 Å². The lowest BCUT2D eigenvalue weighted by Crippen LogP contribution is -2.20. The van der Waals surface area contributed by atoms with Crippen molar-refractivity contribution < 1.29 is 17.7 Å². The van der Waals surface area contributed by atoms with Crippen molar-refractivity contribution in [1.82, 2.24) is 0 Å². The first-order chi connectivity index (χ1) is 8.71. The smallest absolute Gasteiger partial charge is 0.304 e. The number of hydrogen-bond donors (Lipinski definition) is 1. The standard InChI is InChI=1S/C11H15FN2O4S/c1-8(13)4-5-19(17,18)7-9-2-3-11(14(15)16)10(12)6-9/h2-3,6,8H,4-5,7,13H2,1H3. The molecule has 6 nitrogen and oxygen atoms in total. The van der Waals surface area contributed by atoms with Crippen molar-refractivity contribution in [3.8, 4) is 0 Å². The molecule has 1 aromatic rings. The van der Waals surface area contributed by atoms with Crippen molar-refractivity contribution in [1.29, 1.82) is 0 Å². The van der Waals surface area contributed by atoms with Crippen LogP contribution < -0.4 is 5.73 Å². The van der Waals surface area contributed by atoms with Gasteiger partial charge < -0.3 is 5.73 Å². The van der Waals surface area contributed by atoms with Gasteiger partial charge in [0.2, 0.25) is 5.82 Å². The van der Waals surface area contributed by atoms with E-state index in [0.717, 1.165) is 12.1 Å². The molecular weight excluding hydrogens is 275 g/mol. The molecule has 1 unspecified atom stereocenters. The first-order valence-electron chi connectivity index (χ1n) is 5.60. The van der Waals surface area contributed by atoms with Crippen molar-refractivity contribution in [2.45, 2.75) is 25.1 Å². The fraction of sp³-hybridized carbons (Fsp3) is 0.455. The Hall–Kier alpha value is -1.54. The molecule has 0 aliphatic heterocycles. The normalized spacial score (nSPS) is 13.2. The van der Waals surface area contributed by atoms with Crippen molar-refractivity contribution in [2.24, 2.45) is 5.73 Å². The van der Waals surface area contributed by atoms with Crippen LogP contribution in [0.5, 0.6) is 0 Å². The fourth-order valence-corrected chi connectivity index (χ4v) is 3.04. The minimum atomic E-state index is -3.40. The second-order valence-electron chi connectivity index (χ2n) is 4.40. The van der Waals surface area contributed by atoms with Gasteiger partial charge in [-0.05, 0) is 25.0 Å². The van der Waals surface area contributed by atoms with Crippen LogP contribution in [0.25, 0.3) is 0 Å². The number of nitrogens with two attached hydrogens (primary N) is 1. The van der Waals surface area contributed by atoms with Crippen molar-refractivity contribution >= 4 is 15.5 Å². The van der Waals surface area contributed by atoms with Crippen LogP contribution in [-0.2, 0) is 15.6 Å². The number of halogens is 1. The Labute approximate surface area is 110 Å². The quantitative estimate of drug-likeness (QED) is 0.629. The van der Waals surface area contributed by atoms with Crippen LogP contribution in [0.2, 0.25) is 0 Å². The first-order valence-corrected chi connectivity index (χ1v) is 7.42. The molecule has 1 rings (SSSR count). The number of nitro benzene ring substituents is 1. The minimum Gasteiger partial charge on any atom is -0.328 e. The van der Waals surface area contributed by atoms with E-state index in [1.807, 2.05) is 0 Å². The molecule has 0 fully saturated rings. The van der Waals surface area contributed by atoms with E-state index in [1.54, 1.807) is 6.92 Å². The fourth-order valence-electron chi connectivity index (χ4n) is 1.48. The van der Waals surface area contributed by atoms with Gasteiger partial charge in [0.15, 0.2) is 9.84 Å². The maximum absolute atomic E-state index is 13.3. The van der Waals surface area contributed by atoms with Crippen molar-refractivity contribution in [3.05, 3.63) is 39.7 Å². The third-order valence-corrected chi connectivity index (χ3v) is 4.11. The molecule has 0 aliphatic carbocycles. The monoisotopic (exact) mass is 290 g/mol. The van der Waals surface area contributed by atoms with Gasteiger partial charge in [0.1, 0.15) is 0 Å². The zero-order valence-electron chi connectivity index (χ0n) is 10.4. The van der Waals surface area contributed by atoms with Crippen LogP contribution in [0.1, 0.15) is 18.9 Å². The molecular formula is C11H15FN2O4S. The van der Waals surface area contributed by atoms with Crippen LogP contribution in [0, 0.1) is 15.9 Å². The van der Waals surface area contributed by atoms with Gasteiger partial charge in [-0.15, -0.1) is 0 Å². The van der Waals surface area contributed by atoms with E-state index in [1.165, 1.54) is 6.07 Å². The lowest BCUT2D eigenvalue weighted by molar-refractivity contribution is -0.387. The summed E-state index contributed by atoms with van der Waals surface area (Å²) in [6.07, 6.45) is 0.317. The second-order valence-corrected chi connectivity index (χ2v) is 6.58. The summed E-state index contributed by atoms with van der Waals surface area (Å²) in [5.74, 6) is -1.48. The van der Waals surface area contributed by atoms with E-state index in [0.29, 0.717) is 6.42 Å². The SMILES string of the molecule is CC(N)CCS(=O)(=O)Cc1ccc([N+](=O)[O-])c(F)c1. The van der Waals surface area contributed by atoms with E-state index in [2.05, 4.69) is 0 Å². The minimum absolute atomic E-state index is 0.0940. The molecule has 0 radical (unpaired) electrons. The highest BCUT2D eigenvalue weighted by atomic mass is 32.2. The van der Waals surface area contributed by atoms with Crippen LogP contribution >= 0.6 is 0 Å². The maximum atomic E-state index is 13.3. The van der Waals surface area contributed by atoms with Gasteiger partial charge in [-0.2, -0.15) is 4.39 Å². The Balaban J connectivity index is 2.83. The molecule has 0 saturated carbocycles. The topological polar surface area (TPSA) is 103 Å². The van der Waals surface area contributed by atoms with E-state index < -0.39 is 26.3 Å². The number of nitro groups is 1. The molecule has 1 atom stereocenters. The molecule has 0 bridgehead atoms. The maximum Gasteiger partial charge on any atom is 0.304 e. The highest BCUT2D eigenvalue weighted by Gasteiger charge is 2.17. The van der Waals surface area contributed by atoms with E-state index >= 15 is 0 Å². The molecule has 1 aromatic carbocycles. The molecule has 0 aromatic heterocycles. The summed E-state index contributed by atoms with van der Waals surface area (Å²) in [5.41, 5.74) is 4.99. The third kappa shape index (κ3) is 4.92. The van der Waals surface area contributed by atoms with Gasteiger partial charge >= 0.3 is 5.69 Å². The Morgan fingerprint density at radius 2 is 2.11 bits per heavy atom. The summed E-state index contributed by atoms with van der Waals surface area (Å²) in [6.45, 7) is 1.70. The Kier molecular flexibility index (Phi) is 4.96. The Morgan fingerprint density at radius 1 is 1.47 bits per heavy atom. The van der Waals surface area contributed by atoms with E-state index in [-0.39, 0.29) is 23.1 Å². The molecule has 106 valence electrons. The summed E-state index contributed by atoms with van der Waals surface area (Å²) < 4.78 is 36.8. The van der Waals surface area contributed by atoms with Crippen molar-refractivity contribution in [3.63, 3.8) is 0 Å². The van der Waals surface area contributed by atoms with Gasteiger partial charge in [-0.3, -0.25) is 10.1 Å². The van der Waals surface area contributed by atoms with Gasteiger partial charge in [-0.25, -0.2) is 8.42 Å². The molecule has 0 heterocycles. The number of hydrogen-bond acceptors (Lipinski definition) is 5. The molecule has 8 heteroatoms. The average molecular weight is 290 g/mol. The molecule has 0 spiro atoms.